The summed E-state index contributed by atoms with van der Waals surface area (Å²) in [6.07, 6.45) is 2.09. The largest absolute Gasteiger partial charge is 0.355 e. The molecule has 0 bridgehead atoms. The molecule has 0 amide bonds. The minimum absolute atomic E-state index is 0.351. The molecule has 0 saturated carbocycles. The van der Waals surface area contributed by atoms with Gasteiger partial charge in [0, 0.05) is 25.2 Å². The second kappa shape index (κ2) is 5.29. The predicted octanol–water partition coefficient (Wildman–Crippen LogP) is 2.62. The Morgan fingerprint density at radius 2 is 1.90 bits per heavy atom. The van der Waals surface area contributed by atoms with E-state index in [1.54, 1.807) is 0 Å². The van der Waals surface area contributed by atoms with Crippen molar-refractivity contribution >= 4 is 5.82 Å². The lowest BCUT2D eigenvalue weighted by atomic mass is 10.0. The molecule has 106 valence electrons. The molecule has 1 aliphatic heterocycles. The Kier molecular flexibility index (Phi) is 3.49. The van der Waals surface area contributed by atoms with Crippen molar-refractivity contribution in [3.63, 3.8) is 0 Å². The first kappa shape index (κ1) is 13.2. The van der Waals surface area contributed by atoms with E-state index in [4.69, 9.17) is 5.73 Å². The van der Waals surface area contributed by atoms with Gasteiger partial charge in [0.25, 0.3) is 0 Å². The van der Waals surface area contributed by atoms with Gasteiger partial charge in [0.2, 0.25) is 0 Å². The number of H-pyrrole nitrogens is 1. The van der Waals surface area contributed by atoms with Gasteiger partial charge in [-0.2, -0.15) is 5.10 Å². The Bertz CT molecular complexity index is 594. The molecule has 0 atom stereocenters. The van der Waals surface area contributed by atoms with Crippen LogP contribution in [0.5, 0.6) is 0 Å². The predicted molar refractivity (Wildman–Crippen MR) is 82.9 cm³/mol. The highest BCUT2D eigenvalue weighted by atomic mass is 15.3. The van der Waals surface area contributed by atoms with Crippen molar-refractivity contribution in [3.05, 3.63) is 35.4 Å². The molecule has 0 aliphatic carbocycles. The molecule has 1 fully saturated rings. The average Bonchev–Trinajstić information content (AvgIpc) is 2.92. The molecule has 3 rings (SSSR count). The lowest BCUT2D eigenvalue weighted by Crippen LogP contribution is -2.39. The fraction of sp³-hybridized carbons (Fsp3) is 0.438. The fourth-order valence-electron chi connectivity index (χ4n) is 2.66. The van der Waals surface area contributed by atoms with Crippen molar-refractivity contribution in [2.24, 2.45) is 5.73 Å². The fourth-order valence-corrected chi connectivity index (χ4v) is 2.66. The van der Waals surface area contributed by atoms with Crippen molar-refractivity contribution in [2.45, 2.75) is 32.7 Å². The van der Waals surface area contributed by atoms with Crippen LogP contribution in [0.4, 0.5) is 5.82 Å². The van der Waals surface area contributed by atoms with E-state index < -0.39 is 0 Å². The summed E-state index contributed by atoms with van der Waals surface area (Å²) in [4.78, 5) is 2.31. The number of rotatable bonds is 2. The minimum Gasteiger partial charge on any atom is -0.355 e. The average molecular weight is 270 g/mol. The third-order valence-electron chi connectivity index (χ3n) is 4.25. The Labute approximate surface area is 120 Å². The smallest absolute Gasteiger partial charge is 0.150 e. The van der Waals surface area contributed by atoms with Crippen molar-refractivity contribution in [3.8, 4) is 11.3 Å². The van der Waals surface area contributed by atoms with Crippen LogP contribution in [0.2, 0.25) is 0 Å². The second-order valence-corrected chi connectivity index (χ2v) is 5.76. The van der Waals surface area contributed by atoms with E-state index in [1.165, 1.54) is 16.7 Å². The van der Waals surface area contributed by atoms with Gasteiger partial charge in [0.1, 0.15) is 0 Å². The maximum absolute atomic E-state index is 5.95. The van der Waals surface area contributed by atoms with Gasteiger partial charge in [-0.3, -0.25) is 5.10 Å². The van der Waals surface area contributed by atoms with E-state index in [0.717, 1.165) is 37.4 Å². The van der Waals surface area contributed by atoms with Crippen molar-refractivity contribution in [1.29, 1.82) is 0 Å². The molecular formula is C16H22N4. The van der Waals surface area contributed by atoms with Crippen LogP contribution in [0.3, 0.4) is 0 Å². The maximum Gasteiger partial charge on any atom is 0.150 e. The molecule has 2 aromatic rings. The summed E-state index contributed by atoms with van der Waals surface area (Å²) < 4.78 is 0. The Morgan fingerprint density at radius 3 is 2.60 bits per heavy atom. The molecule has 0 radical (unpaired) electrons. The summed E-state index contributed by atoms with van der Waals surface area (Å²) in [6.45, 7) is 6.27. The normalized spacial score (nSPS) is 16.6. The molecular weight excluding hydrogens is 248 g/mol. The molecule has 1 saturated heterocycles. The van der Waals surface area contributed by atoms with Gasteiger partial charge in [-0.05, 0) is 49.4 Å². The van der Waals surface area contributed by atoms with E-state index in [2.05, 4.69) is 53.2 Å². The van der Waals surface area contributed by atoms with Gasteiger partial charge >= 0.3 is 0 Å². The van der Waals surface area contributed by atoms with E-state index in [1.807, 2.05) is 0 Å². The number of nitrogens with two attached hydrogens (primary N) is 1. The molecule has 1 aromatic heterocycles. The first-order valence-electron chi connectivity index (χ1n) is 7.27. The number of aromatic amines is 1. The van der Waals surface area contributed by atoms with Crippen LogP contribution in [0.25, 0.3) is 11.3 Å². The van der Waals surface area contributed by atoms with Crippen LogP contribution in [0, 0.1) is 13.8 Å². The zero-order valence-corrected chi connectivity index (χ0v) is 12.2. The maximum atomic E-state index is 5.95. The first-order chi connectivity index (χ1) is 9.63. The topological polar surface area (TPSA) is 57.9 Å². The van der Waals surface area contributed by atoms with E-state index in [-0.39, 0.29) is 0 Å². The zero-order valence-electron chi connectivity index (χ0n) is 12.2. The van der Waals surface area contributed by atoms with Gasteiger partial charge in [0.05, 0.1) is 5.69 Å². The van der Waals surface area contributed by atoms with Gasteiger partial charge in [-0.25, -0.2) is 0 Å². The van der Waals surface area contributed by atoms with E-state index in [0.29, 0.717) is 6.04 Å². The Morgan fingerprint density at radius 1 is 1.15 bits per heavy atom. The third kappa shape index (κ3) is 2.56. The molecule has 4 nitrogen and oxygen atoms in total. The lowest BCUT2D eigenvalue weighted by Gasteiger charge is -2.29. The standard InChI is InChI=1S/C16H22N4/c1-11-3-4-13(9-12(11)2)15-10-16(19-18-15)20-7-5-14(17)6-8-20/h3-4,9-10,14H,5-8,17H2,1-2H3,(H,18,19). The van der Waals surface area contributed by atoms with Crippen molar-refractivity contribution < 1.29 is 0 Å². The van der Waals surface area contributed by atoms with Gasteiger partial charge in [-0.1, -0.05) is 12.1 Å². The number of nitrogens with zero attached hydrogens (tertiary/aromatic N) is 2. The first-order valence-corrected chi connectivity index (χ1v) is 7.27. The van der Waals surface area contributed by atoms with Crippen LogP contribution in [0.1, 0.15) is 24.0 Å². The molecule has 3 N–H and O–H groups in total. The second-order valence-electron chi connectivity index (χ2n) is 5.76. The molecule has 1 aliphatic rings. The summed E-state index contributed by atoms with van der Waals surface area (Å²) in [5, 5.41) is 7.61. The minimum atomic E-state index is 0.351. The van der Waals surface area contributed by atoms with Crippen LogP contribution in [-0.2, 0) is 0 Å². The number of hydrogen-bond donors (Lipinski definition) is 2. The zero-order chi connectivity index (χ0) is 14.1. The van der Waals surface area contributed by atoms with Gasteiger partial charge in [-0.15, -0.1) is 0 Å². The third-order valence-corrected chi connectivity index (χ3v) is 4.25. The number of anilines is 1. The van der Waals surface area contributed by atoms with E-state index in [9.17, 15) is 0 Å². The summed E-state index contributed by atoms with van der Waals surface area (Å²) in [6, 6.07) is 9.00. The number of benzene rings is 1. The molecule has 0 unspecified atom stereocenters. The quantitative estimate of drug-likeness (QED) is 0.882. The molecule has 2 heterocycles. The highest BCUT2D eigenvalue weighted by Gasteiger charge is 2.18. The SMILES string of the molecule is Cc1ccc(-c2cc(N3CCC(N)CC3)n[nH]2)cc1C. The van der Waals surface area contributed by atoms with E-state index >= 15 is 0 Å². The Hall–Kier alpha value is -1.81. The lowest BCUT2D eigenvalue weighted by molar-refractivity contribution is 0.498. The highest BCUT2D eigenvalue weighted by molar-refractivity contribution is 5.64. The highest BCUT2D eigenvalue weighted by Crippen LogP contribution is 2.25. The monoisotopic (exact) mass is 270 g/mol. The van der Waals surface area contributed by atoms with Crippen molar-refractivity contribution in [2.75, 3.05) is 18.0 Å². The summed E-state index contributed by atoms with van der Waals surface area (Å²) in [5.41, 5.74) is 10.8. The van der Waals surface area contributed by atoms with Crippen molar-refractivity contribution in [1.82, 2.24) is 10.2 Å². The van der Waals surface area contributed by atoms with Crippen LogP contribution < -0.4 is 10.6 Å². The number of hydrogen-bond acceptors (Lipinski definition) is 3. The van der Waals surface area contributed by atoms with Crippen LogP contribution in [-0.4, -0.2) is 29.3 Å². The van der Waals surface area contributed by atoms with Gasteiger partial charge in [0.15, 0.2) is 5.82 Å². The number of aryl methyl sites for hydroxylation is 2. The number of nitrogens with one attached hydrogen (secondary N) is 1. The summed E-state index contributed by atoms with van der Waals surface area (Å²) >= 11 is 0. The molecule has 0 spiro atoms. The van der Waals surface area contributed by atoms with Crippen LogP contribution >= 0.6 is 0 Å². The molecule has 20 heavy (non-hydrogen) atoms. The molecule has 4 heteroatoms. The number of aromatic nitrogens is 2. The summed E-state index contributed by atoms with van der Waals surface area (Å²) in [7, 11) is 0. The van der Waals surface area contributed by atoms with Crippen LogP contribution in [0.15, 0.2) is 24.3 Å². The molecule has 1 aromatic carbocycles. The Balaban J connectivity index is 1.81. The summed E-state index contributed by atoms with van der Waals surface area (Å²) in [5.74, 6) is 1.03. The number of piperidine rings is 1. The van der Waals surface area contributed by atoms with Gasteiger partial charge < -0.3 is 10.6 Å².